The van der Waals surface area contributed by atoms with E-state index >= 15 is 0 Å². The predicted molar refractivity (Wildman–Crippen MR) is 94.5 cm³/mol. The molecule has 0 aliphatic rings. The van der Waals surface area contributed by atoms with E-state index in [1.165, 1.54) is 23.5 Å². The van der Waals surface area contributed by atoms with Gasteiger partial charge in [-0.2, -0.15) is 0 Å². The molecule has 3 aromatic rings. The largest absolute Gasteiger partial charge is 0.497 e. The highest BCUT2D eigenvalue weighted by molar-refractivity contribution is 7.18. The van der Waals surface area contributed by atoms with Gasteiger partial charge in [0.25, 0.3) is 5.69 Å². The number of non-ortho nitro benzene ring substituents is 1. The fraction of sp³-hybridized carbons (Fsp3) is 0.0588. The van der Waals surface area contributed by atoms with Gasteiger partial charge >= 0.3 is 0 Å². The third kappa shape index (κ3) is 3.64. The van der Waals surface area contributed by atoms with Gasteiger partial charge in [0.05, 0.1) is 16.9 Å². The van der Waals surface area contributed by atoms with Crippen molar-refractivity contribution >= 4 is 28.4 Å². The first-order valence-corrected chi connectivity index (χ1v) is 7.86. The number of aromatic nitrogens is 1. The van der Waals surface area contributed by atoms with Gasteiger partial charge < -0.3 is 4.74 Å². The van der Waals surface area contributed by atoms with Crippen molar-refractivity contribution in [3.63, 3.8) is 0 Å². The maximum Gasteiger partial charge on any atom is 0.269 e. The molecule has 120 valence electrons. The Bertz CT molecular complexity index is 888. The van der Waals surface area contributed by atoms with Gasteiger partial charge in [0.15, 0.2) is 0 Å². The van der Waals surface area contributed by atoms with E-state index in [-0.39, 0.29) is 5.69 Å². The van der Waals surface area contributed by atoms with Crippen LogP contribution in [0.25, 0.3) is 10.4 Å². The molecule has 7 heteroatoms. The lowest BCUT2D eigenvalue weighted by molar-refractivity contribution is -0.384. The van der Waals surface area contributed by atoms with Gasteiger partial charge in [0.1, 0.15) is 5.75 Å². The molecule has 0 fully saturated rings. The average Bonchev–Trinajstić information content (AvgIpc) is 3.09. The van der Waals surface area contributed by atoms with Crippen LogP contribution in [0.4, 0.5) is 10.8 Å². The fourth-order valence-corrected chi connectivity index (χ4v) is 2.82. The Balaban J connectivity index is 1.77. The Kier molecular flexibility index (Phi) is 4.62. The summed E-state index contributed by atoms with van der Waals surface area (Å²) in [7, 11) is 1.62. The van der Waals surface area contributed by atoms with Crippen molar-refractivity contribution in [3.8, 4) is 16.2 Å². The summed E-state index contributed by atoms with van der Waals surface area (Å²) >= 11 is 1.42. The Morgan fingerprint density at radius 2 is 2.04 bits per heavy atom. The van der Waals surface area contributed by atoms with Crippen LogP contribution in [-0.2, 0) is 0 Å². The van der Waals surface area contributed by atoms with Crippen LogP contribution in [0.15, 0.2) is 59.7 Å². The number of thiazole rings is 1. The maximum absolute atomic E-state index is 10.7. The molecule has 0 bridgehead atoms. The summed E-state index contributed by atoms with van der Waals surface area (Å²) in [6.45, 7) is 0. The number of hydrogen-bond acceptors (Lipinski definition) is 6. The van der Waals surface area contributed by atoms with Crippen molar-refractivity contribution in [2.45, 2.75) is 0 Å². The number of nitro benzene ring substituents is 1. The molecular weight excluding hydrogens is 326 g/mol. The molecule has 3 rings (SSSR count). The van der Waals surface area contributed by atoms with E-state index < -0.39 is 4.92 Å². The van der Waals surface area contributed by atoms with Crippen LogP contribution in [0.1, 0.15) is 5.56 Å². The van der Waals surface area contributed by atoms with Crippen molar-refractivity contribution in [2.75, 3.05) is 7.11 Å². The zero-order valence-electron chi connectivity index (χ0n) is 12.7. The Morgan fingerprint density at radius 3 is 2.75 bits per heavy atom. The highest BCUT2D eigenvalue weighted by Crippen LogP contribution is 2.31. The monoisotopic (exact) mass is 339 g/mol. The number of benzene rings is 2. The third-order valence-electron chi connectivity index (χ3n) is 3.27. The smallest absolute Gasteiger partial charge is 0.269 e. The standard InChI is InChI=1S/C17H13N3O3S/c1-23-15-4-2-3-12(9-15)10-18-17-19-11-16(24-17)13-5-7-14(8-6-13)20(21)22/h2-11H,1H3/b18-10+. The molecule has 0 saturated carbocycles. The number of ether oxygens (including phenoxy) is 1. The molecular formula is C17H13N3O3S. The summed E-state index contributed by atoms with van der Waals surface area (Å²) in [5.74, 6) is 0.768. The minimum atomic E-state index is -0.416. The van der Waals surface area contributed by atoms with Gasteiger partial charge in [0.2, 0.25) is 5.13 Å². The van der Waals surface area contributed by atoms with Crippen LogP contribution in [0.5, 0.6) is 5.75 Å². The summed E-state index contributed by atoms with van der Waals surface area (Å²) in [4.78, 5) is 19.8. The van der Waals surface area contributed by atoms with Crippen molar-refractivity contribution in [3.05, 3.63) is 70.4 Å². The molecule has 0 radical (unpaired) electrons. The van der Waals surface area contributed by atoms with Gasteiger partial charge in [-0.1, -0.05) is 23.5 Å². The summed E-state index contributed by atoms with van der Waals surface area (Å²) in [6, 6.07) is 14.0. The number of nitro groups is 1. The van der Waals surface area contributed by atoms with Crippen LogP contribution < -0.4 is 4.74 Å². The van der Waals surface area contributed by atoms with Crippen molar-refractivity contribution in [2.24, 2.45) is 4.99 Å². The first-order valence-electron chi connectivity index (χ1n) is 7.04. The molecule has 0 saturated heterocycles. The molecule has 1 aromatic heterocycles. The Morgan fingerprint density at radius 1 is 1.25 bits per heavy atom. The molecule has 0 aliphatic heterocycles. The van der Waals surface area contributed by atoms with Gasteiger partial charge in [-0.3, -0.25) is 10.1 Å². The first-order chi connectivity index (χ1) is 11.7. The number of nitrogens with zero attached hydrogens (tertiary/aromatic N) is 3. The maximum atomic E-state index is 10.7. The zero-order valence-corrected chi connectivity index (χ0v) is 13.6. The topological polar surface area (TPSA) is 77.6 Å². The predicted octanol–water partition coefficient (Wildman–Crippen LogP) is 4.48. The number of hydrogen-bond donors (Lipinski definition) is 0. The second-order valence-electron chi connectivity index (χ2n) is 4.85. The summed E-state index contributed by atoms with van der Waals surface area (Å²) in [5.41, 5.74) is 1.86. The van der Waals surface area contributed by atoms with Crippen LogP contribution >= 0.6 is 11.3 Å². The fourth-order valence-electron chi connectivity index (χ4n) is 2.06. The van der Waals surface area contributed by atoms with Gasteiger partial charge in [-0.25, -0.2) is 9.98 Å². The molecule has 0 atom stereocenters. The van der Waals surface area contributed by atoms with Crippen LogP contribution in [0.3, 0.4) is 0 Å². The van der Waals surface area contributed by atoms with E-state index in [0.29, 0.717) is 5.13 Å². The minimum absolute atomic E-state index is 0.0690. The normalized spacial score (nSPS) is 10.9. The molecule has 0 spiro atoms. The Labute approximate surface area is 142 Å². The molecule has 2 aromatic carbocycles. The molecule has 6 nitrogen and oxygen atoms in total. The van der Waals surface area contributed by atoms with Crippen LogP contribution in [0, 0.1) is 10.1 Å². The first kappa shape index (κ1) is 15.8. The highest BCUT2D eigenvalue weighted by atomic mass is 32.1. The average molecular weight is 339 g/mol. The number of rotatable bonds is 5. The highest BCUT2D eigenvalue weighted by Gasteiger charge is 2.07. The molecule has 0 unspecified atom stereocenters. The zero-order chi connectivity index (χ0) is 16.9. The second-order valence-corrected chi connectivity index (χ2v) is 5.85. The third-order valence-corrected chi connectivity index (χ3v) is 4.23. The van der Waals surface area contributed by atoms with E-state index in [1.54, 1.807) is 31.7 Å². The van der Waals surface area contributed by atoms with E-state index in [9.17, 15) is 10.1 Å². The molecule has 1 heterocycles. The Hall–Kier alpha value is -3.06. The molecule has 0 aliphatic carbocycles. The second kappa shape index (κ2) is 7.01. The quantitative estimate of drug-likeness (QED) is 0.390. The molecule has 0 amide bonds. The van der Waals surface area contributed by atoms with Crippen molar-refractivity contribution in [1.82, 2.24) is 4.98 Å². The number of methoxy groups -OCH3 is 1. The van der Waals surface area contributed by atoms with E-state index in [4.69, 9.17) is 4.74 Å². The van der Waals surface area contributed by atoms with E-state index in [1.807, 2.05) is 24.3 Å². The molecule has 0 N–H and O–H groups in total. The SMILES string of the molecule is COc1cccc(/C=N/c2ncc(-c3ccc([N+](=O)[O-])cc3)s2)c1. The van der Waals surface area contributed by atoms with Crippen LogP contribution in [0.2, 0.25) is 0 Å². The van der Waals surface area contributed by atoms with Crippen LogP contribution in [-0.4, -0.2) is 23.2 Å². The minimum Gasteiger partial charge on any atom is -0.497 e. The van der Waals surface area contributed by atoms with Gasteiger partial charge in [-0.15, -0.1) is 0 Å². The summed E-state index contributed by atoms with van der Waals surface area (Å²) in [6.07, 6.45) is 3.44. The van der Waals surface area contributed by atoms with Gasteiger partial charge in [-0.05, 0) is 35.4 Å². The van der Waals surface area contributed by atoms with Gasteiger partial charge in [0, 0.05) is 24.5 Å². The van der Waals surface area contributed by atoms with E-state index in [0.717, 1.165) is 21.8 Å². The summed E-state index contributed by atoms with van der Waals surface area (Å²) in [5, 5.41) is 11.3. The van der Waals surface area contributed by atoms with E-state index in [2.05, 4.69) is 9.98 Å². The van der Waals surface area contributed by atoms with Crippen molar-refractivity contribution < 1.29 is 9.66 Å². The number of aliphatic imine (C=N–C) groups is 1. The lowest BCUT2D eigenvalue weighted by Gasteiger charge is -1.99. The molecule has 24 heavy (non-hydrogen) atoms. The van der Waals surface area contributed by atoms with Crippen molar-refractivity contribution in [1.29, 1.82) is 0 Å². The lowest BCUT2D eigenvalue weighted by Crippen LogP contribution is -1.86. The lowest BCUT2D eigenvalue weighted by atomic mass is 10.2. The summed E-state index contributed by atoms with van der Waals surface area (Å²) < 4.78 is 5.17.